The molecule has 92 valence electrons. The smallest absolute Gasteiger partial charge is 0.329 e. The van der Waals surface area contributed by atoms with Crippen LogP contribution in [0.3, 0.4) is 0 Å². The molecule has 0 N–H and O–H groups in total. The molecule has 0 aliphatic heterocycles. The number of esters is 1. The van der Waals surface area contributed by atoms with Crippen molar-refractivity contribution in [1.29, 1.82) is 0 Å². The molecule has 0 fully saturated rings. The Labute approximate surface area is 110 Å². The van der Waals surface area contributed by atoms with Crippen LogP contribution in [0.4, 0.5) is 0 Å². The van der Waals surface area contributed by atoms with Gasteiger partial charge in [-0.15, -0.1) is 23.2 Å². The molecule has 1 aromatic carbocycles. The molecule has 0 aliphatic rings. The molecule has 1 aromatic rings. The summed E-state index contributed by atoms with van der Waals surface area (Å²) in [4.78, 5) is 22.7. The zero-order valence-corrected chi connectivity index (χ0v) is 11.0. The standard InChI is InChI=1S/C12H12Cl2O3/c1-7(13)11(15)9-3-5-10(6-4-9)17-12(16)8(2)14/h3-8H,1-2H3. The molecule has 0 bridgehead atoms. The van der Waals surface area contributed by atoms with E-state index in [1.54, 1.807) is 19.1 Å². The summed E-state index contributed by atoms with van der Waals surface area (Å²) >= 11 is 11.2. The van der Waals surface area contributed by atoms with Gasteiger partial charge in [-0.05, 0) is 38.1 Å². The monoisotopic (exact) mass is 274 g/mol. The molecule has 17 heavy (non-hydrogen) atoms. The predicted octanol–water partition coefficient (Wildman–Crippen LogP) is 3.03. The fraction of sp³-hybridized carbons (Fsp3) is 0.333. The van der Waals surface area contributed by atoms with Crippen LogP contribution in [0.5, 0.6) is 5.75 Å². The van der Waals surface area contributed by atoms with E-state index >= 15 is 0 Å². The van der Waals surface area contributed by atoms with Crippen LogP contribution in [-0.2, 0) is 4.79 Å². The van der Waals surface area contributed by atoms with Crippen LogP contribution in [0.15, 0.2) is 24.3 Å². The largest absolute Gasteiger partial charge is 0.425 e. The molecule has 0 saturated heterocycles. The van der Waals surface area contributed by atoms with Crippen LogP contribution in [0, 0.1) is 0 Å². The first-order valence-corrected chi connectivity index (χ1v) is 5.93. The van der Waals surface area contributed by atoms with Gasteiger partial charge in [-0.25, -0.2) is 0 Å². The Morgan fingerprint density at radius 3 is 2.00 bits per heavy atom. The lowest BCUT2D eigenvalue weighted by atomic mass is 10.1. The topological polar surface area (TPSA) is 43.4 Å². The molecule has 0 heterocycles. The number of ether oxygens (including phenoxy) is 1. The van der Waals surface area contributed by atoms with Crippen molar-refractivity contribution in [2.45, 2.75) is 24.6 Å². The Kier molecular flexibility index (Phi) is 4.97. The average Bonchev–Trinajstić information content (AvgIpc) is 2.28. The number of hydrogen-bond acceptors (Lipinski definition) is 3. The van der Waals surface area contributed by atoms with Crippen LogP contribution < -0.4 is 4.74 Å². The molecule has 0 saturated carbocycles. The van der Waals surface area contributed by atoms with E-state index in [4.69, 9.17) is 27.9 Å². The zero-order valence-electron chi connectivity index (χ0n) is 9.44. The minimum Gasteiger partial charge on any atom is -0.425 e. The number of carbonyl (C=O) groups is 2. The number of ketones is 1. The molecule has 0 aromatic heterocycles. The fourth-order valence-corrected chi connectivity index (χ4v) is 1.28. The van der Waals surface area contributed by atoms with Gasteiger partial charge in [0, 0.05) is 5.56 Å². The summed E-state index contributed by atoms with van der Waals surface area (Å²) in [6.45, 7) is 3.13. The Balaban J connectivity index is 2.75. The van der Waals surface area contributed by atoms with Gasteiger partial charge in [0.2, 0.25) is 0 Å². The third kappa shape index (κ3) is 4.02. The lowest BCUT2D eigenvalue weighted by molar-refractivity contribution is -0.133. The van der Waals surface area contributed by atoms with Gasteiger partial charge in [0.05, 0.1) is 5.38 Å². The maximum absolute atomic E-state index is 11.5. The highest BCUT2D eigenvalue weighted by Gasteiger charge is 2.14. The number of alkyl halides is 2. The Morgan fingerprint density at radius 2 is 1.59 bits per heavy atom. The van der Waals surface area contributed by atoms with Crippen molar-refractivity contribution in [3.63, 3.8) is 0 Å². The third-order valence-corrected chi connectivity index (χ3v) is 2.42. The summed E-state index contributed by atoms with van der Waals surface area (Å²) in [7, 11) is 0. The summed E-state index contributed by atoms with van der Waals surface area (Å²) in [6, 6.07) is 6.18. The number of benzene rings is 1. The molecule has 5 heteroatoms. The lowest BCUT2D eigenvalue weighted by Crippen LogP contribution is -2.17. The number of hydrogen-bond donors (Lipinski definition) is 0. The molecular formula is C12H12Cl2O3. The second kappa shape index (κ2) is 6.03. The molecule has 2 unspecified atom stereocenters. The maximum atomic E-state index is 11.5. The summed E-state index contributed by atoms with van der Waals surface area (Å²) in [6.07, 6.45) is 0. The third-order valence-electron chi connectivity index (χ3n) is 2.04. The zero-order chi connectivity index (χ0) is 13.0. The van der Waals surface area contributed by atoms with Crippen molar-refractivity contribution >= 4 is 35.0 Å². The van der Waals surface area contributed by atoms with Crippen molar-refractivity contribution in [3.8, 4) is 5.75 Å². The van der Waals surface area contributed by atoms with E-state index in [1.807, 2.05) is 0 Å². The van der Waals surface area contributed by atoms with Crippen molar-refractivity contribution in [2.75, 3.05) is 0 Å². The van der Waals surface area contributed by atoms with Crippen LogP contribution in [0.1, 0.15) is 24.2 Å². The summed E-state index contributed by atoms with van der Waals surface area (Å²) in [5.74, 6) is -0.354. The van der Waals surface area contributed by atoms with Gasteiger partial charge < -0.3 is 4.74 Å². The normalized spacial score (nSPS) is 13.9. The first-order chi connectivity index (χ1) is 7.91. The summed E-state index contributed by atoms with van der Waals surface area (Å²) in [5, 5.41) is -1.29. The van der Waals surface area contributed by atoms with Gasteiger partial charge in [-0.1, -0.05) is 0 Å². The van der Waals surface area contributed by atoms with Crippen LogP contribution in [0.25, 0.3) is 0 Å². The van der Waals surface area contributed by atoms with E-state index in [2.05, 4.69) is 0 Å². The highest BCUT2D eigenvalue weighted by Crippen LogP contribution is 2.16. The molecule has 0 aliphatic carbocycles. The van der Waals surface area contributed by atoms with Gasteiger partial charge in [-0.3, -0.25) is 9.59 Å². The second-order valence-electron chi connectivity index (χ2n) is 3.54. The van der Waals surface area contributed by atoms with Gasteiger partial charge in [0.15, 0.2) is 5.78 Å². The molecule has 2 atom stereocenters. The van der Waals surface area contributed by atoms with Crippen molar-refractivity contribution in [1.82, 2.24) is 0 Å². The number of rotatable bonds is 4. The van der Waals surface area contributed by atoms with Crippen LogP contribution in [0.2, 0.25) is 0 Å². The summed E-state index contributed by atoms with van der Waals surface area (Å²) in [5.41, 5.74) is 0.478. The van der Waals surface area contributed by atoms with Crippen LogP contribution in [-0.4, -0.2) is 22.5 Å². The van der Waals surface area contributed by atoms with Crippen LogP contribution >= 0.6 is 23.2 Å². The van der Waals surface area contributed by atoms with E-state index in [1.165, 1.54) is 19.1 Å². The predicted molar refractivity (Wildman–Crippen MR) is 67.0 cm³/mol. The molecule has 3 nitrogen and oxygen atoms in total. The number of halogens is 2. The van der Waals surface area contributed by atoms with E-state index in [9.17, 15) is 9.59 Å². The SMILES string of the molecule is CC(Cl)C(=O)Oc1ccc(C(=O)C(C)Cl)cc1. The fourth-order valence-electron chi connectivity index (χ4n) is 1.11. The van der Waals surface area contributed by atoms with E-state index in [-0.39, 0.29) is 5.78 Å². The molecular weight excluding hydrogens is 263 g/mol. The number of Topliss-reactive ketones (excluding diaryl/α,β-unsaturated/α-hetero) is 1. The van der Waals surface area contributed by atoms with E-state index in [0.717, 1.165) is 0 Å². The minimum absolute atomic E-state index is 0.171. The van der Waals surface area contributed by atoms with E-state index in [0.29, 0.717) is 11.3 Å². The van der Waals surface area contributed by atoms with Crippen molar-refractivity contribution in [3.05, 3.63) is 29.8 Å². The quantitative estimate of drug-likeness (QED) is 0.367. The molecule has 0 spiro atoms. The average molecular weight is 275 g/mol. The first-order valence-electron chi connectivity index (χ1n) is 5.06. The van der Waals surface area contributed by atoms with E-state index < -0.39 is 16.7 Å². The Morgan fingerprint density at radius 1 is 1.06 bits per heavy atom. The second-order valence-corrected chi connectivity index (χ2v) is 4.85. The lowest BCUT2D eigenvalue weighted by Gasteiger charge is -2.06. The van der Waals surface area contributed by atoms with Gasteiger partial charge >= 0.3 is 5.97 Å². The van der Waals surface area contributed by atoms with Gasteiger partial charge in [-0.2, -0.15) is 0 Å². The van der Waals surface area contributed by atoms with Gasteiger partial charge in [0.25, 0.3) is 0 Å². The summed E-state index contributed by atoms with van der Waals surface area (Å²) < 4.78 is 4.96. The Bertz CT molecular complexity index is 410. The first kappa shape index (κ1) is 14.0. The highest BCUT2D eigenvalue weighted by molar-refractivity contribution is 6.33. The van der Waals surface area contributed by atoms with Crippen molar-refractivity contribution in [2.24, 2.45) is 0 Å². The molecule has 0 radical (unpaired) electrons. The maximum Gasteiger partial charge on any atom is 0.329 e. The highest BCUT2D eigenvalue weighted by atomic mass is 35.5. The minimum atomic E-state index is -0.709. The van der Waals surface area contributed by atoms with Crippen molar-refractivity contribution < 1.29 is 14.3 Å². The Hall–Kier alpha value is -1.06. The number of carbonyl (C=O) groups excluding carboxylic acids is 2. The van der Waals surface area contributed by atoms with Gasteiger partial charge in [0.1, 0.15) is 11.1 Å². The molecule has 1 rings (SSSR count). The molecule has 0 amide bonds.